The highest BCUT2D eigenvalue weighted by Crippen LogP contribution is 2.20. The summed E-state index contributed by atoms with van der Waals surface area (Å²) in [7, 11) is 1.40. The smallest absolute Gasteiger partial charge is 0.339 e. The van der Waals surface area contributed by atoms with Gasteiger partial charge in [0.05, 0.1) is 12.7 Å². The number of aryl methyl sites for hydroxylation is 2. The summed E-state index contributed by atoms with van der Waals surface area (Å²) in [4.78, 5) is 11.7. The van der Waals surface area contributed by atoms with Crippen LogP contribution < -0.4 is 5.32 Å². The zero-order chi connectivity index (χ0) is 15.1. The van der Waals surface area contributed by atoms with Crippen molar-refractivity contribution in [2.75, 3.05) is 19.0 Å². The van der Waals surface area contributed by atoms with Crippen molar-refractivity contribution in [3.8, 4) is 0 Å². The molecule has 0 saturated heterocycles. The first kappa shape index (κ1) is 15.1. The maximum absolute atomic E-state index is 11.7. The van der Waals surface area contributed by atoms with E-state index in [2.05, 4.69) is 29.6 Å². The van der Waals surface area contributed by atoms with Crippen molar-refractivity contribution >= 4 is 11.7 Å². The van der Waals surface area contributed by atoms with Gasteiger partial charge in [0.2, 0.25) is 0 Å². The Labute approximate surface area is 126 Å². The second-order valence-electron chi connectivity index (χ2n) is 4.89. The van der Waals surface area contributed by atoms with Gasteiger partial charge < -0.3 is 10.1 Å². The molecule has 110 valence electrons. The van der Waals surface area contributed by atoms with Crippen molar-refractivity contribution in [2.45, 2.75) is 19.8 Å². The summed E-state index contributed by atoms with van der Waals surface area (Å²) in [6.07, 6.45) is 1.94. The number of methoxy groups -OCH3 is 1. The second-order valence-corrected chi connectivity index (χ2v) is 4.89. The Morgan fingerprint density at radius 3 is 2.43 bits per heavy atom. The summed E-state index contributed by atoms with van der Waals surface area (Å²) >= 11 is 0. The predicted molar refractivity (Wildman–Crippen MR) is 85.8 cm³/mol. The summed E-state index contributed by atoms with van der Waals surface area (Å²) < 4.78 is 4.81. The van der Waals surface area contributed by atoms with Gasteiger partial charge in [-0.3, -0.25) is 0 Å². The molecule has 0 spiro atoms. The van der Waals surface area contributed by atoms with Crippen LogP contribution in [0.3, 0.4) is 0 Å². The molecule has 0 heterocycles. The number of rotatable bonds is 6. The monoisotopic (exact) mass is 283 g/mol. The number of nitrogens with one attached hydrogen (secondary N) is 1. The van der Waals surface area contributed by atoms with Crippen LogP contribution in [0.1, 0.15) is 28.4 Å². The van der Waals surface area contributed by atoms with Crippen molar-refractivity contribution in [1.82, 2.24) is 0 Å². The van der Waals surface area contributed by atoms with Gasteiger partial charge >= 0.3 is 5.97 Å². The standard InChI is InChI=1S/C18H21NO2/c1-3-19-17-13-15(11-12-16(17)18(20)21-2)10-9-14-7-5-4-6-8-14/h4-8,11-13,19H,3,9-10H2,1-2H3. The first-order chi connectivity index (χ1) is 10.2. The lowest BCUT2D eigenvalue weighted by Crippen LogP contribution is -2.08. The normalized spacial score (nSPS) is 10.2. The third kappa shape index (κ3) is 4.09. The van der Waals surface area contributed by atoms with Crippen LogP contribution >= 0.6 is 0 Å². The Kier molecular flexibility index (Phi) is 5.38. The minimum Gasteiger partial charge on any atom is -0.465 e. The number of carbonyl (C=O) groups excluding carboxylic acids is 1. The average molecular weight is 283 g/mol. The van der Waals surface area contributed by atoms with E-state index in [9.17, 15) is 4.79 Å². The molecule has 0 aliphatic rings. The molecule has 2 rings (SSSR count). The van der Waals surface area contributed by atoms with Crippen LogP contribution in [0.2, 0.25) is 0 Å². The highest BCUT2D eigenvalue weighted by Gasteiger charge is 2.11. The maximum atomic E-state index is 11.7. The second kappa shape index (κ2) is 7.48. The summed E-state index contributed by atoms with van der Waals surface area (Å²) in [6.45, 7) is 2.78. The SMILES string of the molecule is CCNc1cc(CCc2ccccc2)ccc1C(=O)OC. The Balaban J connectivity index is 2.13. The number of hydrogen-bond acceptors (Lipinski definition) is 3. The number of ether oxygens (including phenoxy) is 1. The van der Waals surface area contributed by atoms with Crippen LogP contribution in [-0.4, -0.2) is 19.6 Å². The minimum atomic E-state index is -0.305. The van der Waals surface area contributed by atoms with E-state index in [4.69, 9.17) is 4.74 Å². The van der Waals surface area contributed by atoms with Crippen molar-refractivity contribution in [3.05, 3.63) is 65.2 Å². The molecule has 2 aromatic carbocycles. The van der Waals surface area contributed by atoms with E-state index < -0.39 is 0 Å². The molecule has 1 N–H and O–H groups in total. The Hall–Kier alpha value is -2.29. The van der Waals surface area contributed by atoms with E-state index in [1.54, 1.807) is 0 Å². The molecule has 0 radical (unpaired) electrons. The van der Waals surface area contributed by atoms with Gasteiger partial charge in [0.25, 0.3) is 0 Å². The molecule has 0 aliphatic carbocycles. The number of carbonyl (C=O) groups is 1. The van der Waals surface area contributed by atoms with Gasteiger partial charge in [0, 0.05) is 12.2 Å². The van der Waals surface area contributed by atoms with Gasteiger partial charge in [-0.25, -0.2) is 4.79 Å². The molecule has 0 amide bonds. The quantitative estimate of drug-likeness (QED) is 0.822. The Morgan fingerprint density at radius 1 is 1.05 bits per heavy atom. The van der Waals surface area contributed by atoms with Crippen LogP contribution in [0.25, 0.3) is 0 Å². The van der Waals surface area contributed by atoms with E-state index >= 15 is 0 Å². The molecule has 0 saturated carbocycles. The molecule has 0 fully saturated rings. The van der Waals surface area contributed by atoms with E-state index in [0.717, 1.165) is 25.1 Å². The van der Waals surface area contributed by atoms with E-state index in [1.165, 1.54) is 18.2 Å². The Morgan fingerprint density at radius 2 is 1.76 bits per heavy atom. The zero-order valence-corrected chi connectivity index (χ0v) is 12.6. The summed E-state index contributed by atoms with van der Waals surface area (Å²) in [5, 5.41) is 3.23. The molecular formula is C18H21NO2. The molecule has 0 aromatic heterocycles. The van der Waals surface area contributed by atoms with Gasteiger partial charge in [-0.1, -0.05) is 36.4 Å². The summed E-state index contributed by atoms with van der Waals surface area (Å²) in [5.74, 6) is -0.305. The fourth-order valence-electron chi connectivity index (χ4n) is 2.30. The zero-order valence-electron chi connectivity index (χ0n) is 12.6. The van der Waals surface area contributed by atoms with Gasteiger partial charge in [-0.2, -0.15) is 0 Å². The molecule has 0 bridgehead atoms. The number of hydrogen-bond donors (Lipinski definition) is 1. The summed E-state index contributed by atoms with van der Waals surface area (Å²) in [6, 6.07) is 16.3. The predicted octanol–water partition coefficient (Wildman–Crippen LogP) is 3.69. The molecule has 3 nitrogen and oxygen atoms in total. The van der Waals surface area contributed by atoms with E-state index in [0.29, 0.717) is 5.56 Å². The maximum Gasteiger partial charge on any atom is 0.339 e. The third-order valence-electron chi connectivity index (χ3n) is 3.40. The van der Waals surface area contributed by atoms with Crippen LogP contribution in [0.15, 0.2) is 48.5 Å². The van der Waals surface area contributed by atoms with Crippen molar-refractivity contribution in [3.63, 3.8) is 0 Å². The molecular weight excluding hydrogens is 262 g/mol. The van der Waals surface area contributed by atoms with Gasteiger partial charge in [-0.05, 0) is 43.0 Å². The fraction of sp³-hybridized carbons (Fsp3) is 0.278. The van der Waals surface area contributed by atoms with Crippen molar-refractivity contribution < 1.29 is 9.53 Å². The average Bonchev–Trinajstić information content (AvgIpc) is 2.54. The highest BCUT2D eigenvalue weighted by molar-refractivity contribution is 5.95. The molecule has 0 unspecified atom stereocenters. The van der Waals surface area contributed by atoms with Gasteiger partial charge in [0.15, 0.2) is 0 Å². The number of anilines is 1. The lowest BCUT2D eigenvalue weighted by molar-refractivity contribution is 0.0602. The highest BCUT2D eigenvalue weighted by atomic mass is 16.5. The number of benzene rings is 2. The van der Waals surface area contributed by atoms with E-state index in [-0.39, 0.29) is 5.97 Å². The molecule has 21 heavy (non-hydrogen) atoms. The van der Waals surface area contributed by atoms with Crippen LogP contribution in [0.4, 0.5) is 5.69 Å². The largest absolute Gasteiger partial charge is 0.465 e. The van der Waals surface area contributed by atoms with E-state index in [1.807, 2.05) is 31.2 Å². The van der Waals surface area contributed by atoms with Crippen molar-refractivity contribution in [1.29, 1.82) is 0 Å². The molecule has 2 aromatic rings. The molecule has 3 heteroatoms. The molecule has 0 atom stereocenters. The topological polar surface area (TPSA) is 38.3 Å². The van der Waals surface area contributed by atoms with Crippen LogP contribution in [-0.2, 0) is 17.6 Å². The fourth-order valence-corrected chi connectivity index (χ4v) is 2.30. The van der Waals surface area contributed by atoms with Gasteiger partial charge in [-0.15, -0.1) is 0 Å². The first-order valence-corrected chi connectivity index (χ1v) is 7.23. The third-order valence-corrected chi connectivity index (χ3v) is 3.40. The number of esters is 1. The molecule has 0 aliphatic heterocycles. The minimum absolute atomic E-state index is 0.305. The van der Waals surface area contributed by atoms with Crippen LogP contribution in [0, 0.1) is 0 Å². The lowest BCUT2D eigenvalue weighted by atomic mass is 10.0. The first-order valence-electron chi connectivity index (χ1n) is 7.23. The Bertz CT molecular complexity index is 593. The van der Waals surface area contributed by atoms with Gasteiger partial charge in [0.1, 0.15) is 0 Å². The summed E-state index contributed by atoms with van der Waals surface area (Å²) in [5.41, 5.74) is 3.96. The van der Waals surface area contributed by atoms with Crippen molar-refractivity contribution in [2.24, 2.45) is 0 Å². The van der Waals surface area contributed by atoms with Crippen LogP contribution in [0.5, 0.6) is 0 Å². The lowest BCUT2D eigenvalue weighted by Gasteiger charge is -2.11.